The van der Waals surface area contributed by atoms with Gasteiger partial charge < -0.3 is 5.32 Å². The molecule has 1 aromatic heterocycles. The van der Waals surface area contributed by atoms with Crippen molar-refractivity contribution in [3.63, 3.8) is 0 Å². The summed E-state index contributed by atoms with van der Waals surface area (Å²) in [6.45, 7) is 5.06. The Hall–Kier alpha value is -1.72. The second-order valence-corrected chi connectivity index (χ2v) is 7.42. The van der Waals surface area contributed by atoms with Crippen molar-refractivity contribution >= 4 is 22.4 Å². The normalized spacial score (nSPS) is 14.4. The number of amides is 1. The number of unbranched alkanes of at least 4 members (excludes halogenated alkanes) is 2. The van der Waals surface area contributed by atoms with Crippen molar-refractivity contribution < 1.29 is 4.79 Å². The maximum Gasteiger partial charge on any atom is 0.226 e. The zero-order valence-corrected chi connectivity index (χ0v) is 15.1. The molecule has 1 aromatic carbocycles. The molecule has 1 aliphatic heterocycles. The molecule has 0 atom stereocenters. The molecule has 0 spiro atoms. The number of carbonyl (C=O) groups is 1. The van der Waals surface area contributed by atoms with Crippen molar-refractivity contribution in [2.45, 2.75) is 52.1 Å². The topological polar surface area (TPSA) is 45.2 Å². The third-order valence-electron chi connectivity index (χ3n) is 4.31. The quantitative estimate of drug-likeness (QED) is 0.766. The molecular formula is C19H25N3OS. The zero-order chi connectivity index (χ0) is 16.8. The molecule has 0 saturated heterocycles. The smallest absolute Gasteiger partial charge is 0.226 e. The van der Waals surface area contributed by atoms with Crippen LogP contribution in [0.5, 0.6) is 0 Å². The van der Waals surface area contributed by atoms with E-state index in [9.17, 15) is 4.79 Å². The van der Waals surface area contributed by atoms with Crippen molar-refractivity contribution in [3.05, 3.63) is 46.5 Å². The summed E-state index contributed by atoms with van der Waals surface area (Å²) in [7, 11) is 0. The van der Waals surface area contributed by atoms with Crippen molar-refractivity contribution in [2.24, 2.45) is 0 Å². The number of anilines is 1. The summed E-state index contributed by atoms with van der Waals surface area (Å²) in [5, 5.41) is 3.74. The highest BCUT2D eigenvalue weighted by Gasteiger charge is 2.21. The van der Waals surface area contributed by atoms with Crippen LogP contribution >= 0.6 is 11.3 Å². The third kappa shape index (κ3) is 4.65. The van der Waals surface area contributed by atoms with Gasteiger partial charge in [0.05, 0.1) is 5.69 Å². The van der Waals surface area contributed by atoms with Gasteiger partial charge in [0, 0.05) is 37.4 Å². The first-order valence-corrected chi connectivity index (χ1v) is 9.61. The lowest BCUT2D eigenvalue weighted by Gasteiger charge is -2.25. The largest absolute Gasteiger partial charge is 0.302 e. The lowest BCUT2D eigenvalue weighted by Crippen LogP contribution is -2.29. The summed E-state index contributed by atoms with van der Waals surface area (Å²) in [5.41, 5.74) is 2.50. The van der Waals surface area contributed by atoms with Crippen LogP contribution < -0.4 is 5.32 Å². The zero-order valence-electron chi connectivity index (χ0n) is 14.3. The highest BCUT2D eigenvalue weighted by atomic mass is 32.1. The molecule has 0 bridgehead atoms. The molecule has 5 heteroatoms. The van der Waals surface area contributed by atoms with Gasteiger partial charge in [-0.25, -0.2) is 4.98 Å². The Morgan fingerprint density at radius 3 is 2.92 bits per heavy atom. The summed E-state index contributed by atoms with van der Waals surface area (Å²) in [4.78, 5) is 20.3. The standard InChI is InChI=1S/C19H25N3OS/c1-2-3-5-10-18(23)21-19-20-16-11-12-22(14-17(16)24-19)13-15-8-6-4-7-9-15/h4,6-9H,2-3,5,10-14H2,1H3,(H,20,21,23). The van der Waals surface area contributed by atoms with Crippen LogP contribution in [0.1, 0.15) is 48.7 Å². The maximum absolute atomic E-state index is 12.0. The highest BCUT2D eigenvalue weighted by molar-refractivity contribution is 7.15. The number of fused-ring (bicyclic) bond motifs is 1. The molecule has 128 valence electrons. The minimum absolute atomic E-state index is 0.0932. The van der Waals surface area contributed by atoms with Gasteiger partial charge in [-0.15, -0.1) is 11.3 Å². The Labute approximate surface area is 147 Å². The van der Waals surface area contributed by atoms with Gasteiger partial charge in [0.1, 0.15) is 0 Å². The SMILES string of the molecule is CCCCCC(=O)Nc1nc2c(s1)CN(Cc1ccccc1)CC2. The van der Waals surface area contributed by atoms with E-state index in [1.54, 1.807) is 11.3 Å². The molecule has 0 fully saturated rings. The van der Waals surface area contributed by atoms with E-state index in [1.165, 1.54) is 10.4 Å². The predicted molar refractivity (Wildman–Crippen MR) is 99.1 cm³/mol. The number of nitrogens with one attached hydrogen (secondary N) is 1. The number of rotatable bonds is 7. The Kier molecular flexibility index (Phi) is 5.99. The Morgan fingerprint density at radius 1 is 1.29 bits per heavy atom. The van der Waals surface area contributed by atoms with Crippen molar-refractivity contribution in [1.82, 2.24) is 9.88 Å². The van der Waals surface area contributed by atoms with Gasteiger partial charge in [-0.05, 0) is 12.0 Å². The highest BCUT2D eigenvalue weighted by Crippen LogP contribution is 2.29. The lowest BCUT2D eigenvalue weighted by molar-refractivity contribution is -0.116. The number of hydrogen-bond donors (Lipinski definition) is 1. The van der Waals surface area contributed by atoms with Crippen molar-refractivity contribution in [3.8, 4) is 0 Å². The fourth-order valence-electron chi connectivity index (χ4n) is 3.00. The van der Waals surface area contributed by atoms with Gasteiger partial charge in [0.2, 0.25) is 5.91 Å². The van der Waals surface area contributed by atoms with E-state index in [0.717, 1.165) is 56.1 Å². The first kappa shape index (κ1) is 17.1. The van der Waals surface area contributed by atoms with Gasteiger partial charge in [-0.3, -0.25) is 9.69 Å². The van der Waals surface area contributed by atoms with E-state index in [0.29, 0.717) is 6.42 Å². The van der Waals surface area contributed by atoms with E-state index < -0.39 is 0 Å². The first-order chi connectivity index (χ1) is 11.7. The Morgan fingerprint density at radius 2 is 2.12 bits per heavy atom. The van der Waals surface area contributed by atoms with Gasteiger partial charge >= 0.3 is 0 Å². The molecule has 2 heterocycles. The summed E-state index contributed by atoms with van der Waals surface area (Å²) in [6, 6.07) is 10.6. The number of nitrogens with zero attached hydrogens (tertiary/aromatic N) is 2. The van der Waals surface area contributed by atoms with E-state index in [2.05, 4.69) is 52.5 Å². The summed E-state index contributed by atoms with van der Waals surface area (Å²) < 4.78 is 0. The monoisotopic (exact) mass is 343 g/mol. The summed E-state index contributed by atoms with van der Waals surface area (Å²) >= 11 is 1.63. The van der Waals surface area contributed by atoms with Crippen LogP contribution in [-0.2, 0) is 24.3 Å². The van der Waals surface area contributed by atoms with E-state index in [4.69, 9.17) is 0 Å². The molecule has 0 aliphatic carbocycles. The molecule has 1 amide bonds. The van der Waals surface area contributed by atoms with Crippen molar-refractivity contribution in [1.29, 1.82) is 0 Å². The fourth-order valence-corrected chi connectivity index (χ4v) is 4.06. The number of benzene rings is 1. The van der Waals surface area contributed by atoms with E-state index >= 15 is 0 Å². The van der Waals surface area contributed by atoms with Crippen LogP contribution in [0, 0.1) is 0 Å². The van der Waals surface area contributed by atoms with E-state index in [-0.39, 0.29) is 5.91 Å². The molecule has 4 nitrogen and oxygen atoms in total. The lowest BCUT2D eigenvalue weighted by atomic mass is 10.1. The van der Waals surface area contributed by atoms with Crippen LogP contribution in [0.3, 0.4) is 0 Å². The van der Waals surface area contributed by atoms with E-state index in [1.807, 2.05) is 0 Å². The minimum atomic E-state index is 0.0932. The van der Waals surface area contributed by atoms with Gasteiger partial charge in [0.15, 0.2) is 5.13 Å². The maximum atomic E-state index is 12.0. The second kappa shape index (κ2) is 8.40. The molecule has 0 saturated carbocycles. The van der Waals surface area contributed by atoms with Crippen LogP contribution in [-0.4, -0.2) is 22.3 Å². The number of carbonyl (C=O) groups excluding carboxylic acids is 1. The average molecular weight is 343 g/mol. The van der Waals surface area contributed by atoms with Crippen LogP contribution in [0.15, 0.2) is 30.3 Å². The molecular weight excluding hydrogens is 318 g/mol. The Bertz CT molecular complexity index is 669. The molecule has 24 heavy (non-hydrogen) atoms. The number of thiazole rings is 1. The predicted octanol–water partition coefficient (Wildman–Crippen LogP) is 4.22. The van der Waals surface area contributed by atoms with Crippen LogP contribution in [0.2, 0.25) is 0 Å². The van der Waals surface area contributed by atoms with Crippen LogP contribution in [0.4, 0.5) is 5.13 Å². The Balaban J connectivity index is 1.55. The number of hydrogen-bond acceptors (Lipinski definition) is 4. The first-order valence-electron chi connectivity index (χ1n) is 8.79. The summed E-state index contributed by atoms with van der Waals surface area (Å²) in [5.74, 6) is 0.0932. The molecule has 2 aromatic rings. The average Bonchev–Trinajstić information content (AvgIpc) is 2.97. The molecule has 1 aliphatic rings. The van der Waals surface area contributed by atoms with Gasteiger partial charge in [0.25, 0.3) is 0 Å². The summed E-state index contributed by atoms with van der Waals surface area (Å²) in [6.07, 6.45) is 4.76. The third-order valence-corrected chi connectivity index (χ3v) is 5.31. The fraction of sp³-hybridized carbons (Fsp3) is 0.474. The second-order valence-electron chi connectivity index (χ2n) is 6.34. The molecule has 1 N–H and O–H groups in total. The van der Waals surface area contributed by atoms with Gasteiger partial charge in [-0.1, -0.05) is 50.1 Å². The molecule has 0 radical (unpaired) electrons. The minimum Gasteiger partial charge on any atom is -0.302 e. The van der Waals surface area contributed by atoms with Crippen molar-refractivity contribution in [2.75, 3.05) is 11.9 Å². The molecule has 3 rings (SSSR count). The molecule has 0 unspecified atom stereocenters. The number of aromatic nitrogens is 1. The van der Waals surface area contributed by atoms with Crippen LogP contribution in [0.25, 0.3) is 0 Å². The van der Waals surface area contributed by atoms with Gasteiger partial charge in [-0.2, -0.15) is 0 Å².